The molecule has 5 heteroatoms. The SMILES string of the molecule is CC(CNC(C)(C)C)NCc1csnn1. The van der Waals surface area contributed by atoms with Gasteiger partial charge in [-0.05, 0) is 39.2 Å². The molecule has 0 bridgehead atoms. The molecule has 1 unspecified atom stereocenters. The van der Waals surface area contributed by atoms with Gasteiger partial charge in [0.2, 0.25) is 0 Å². The van der Waals surface area contributed by atoms with Gasteiger partial charge in [-0.1, -0.05) is 4.49 Å². The number of aromatic nitrogens is 2. The summed E-state index contributed by atoms with van der Waals surface area (Å²) >= 11 is 1.39. The molecule has 0 aliphatic rings. The van der Waals surface area contributed by atoms with Gasteiger partial charge in [-0.3, -0.25) is 0 Å². The summed E-state index contributed by atoms with van der Waals surface area (Å²) in [5, 5.41) is 12.8. The van der Waals surface area contributed by atoms with Crippen LogP contribution in [0.3, 0.4) is 0 Å². The third kappa shape index (κ3) is 5.81. The Bertz CT molecular complexity index is 265. The van der Waals surface area contributed by atoms with Crippen LogP contribution >= 0.6 is 11.5 Å². The van der Waals surface area contributed by atoms with Crippen LogP contribution in [0.5, 0.6) is 0 Å². The molecule has 0 radical (unpaired) electrons. The highest BCUT2D eigenvalue weighted by Gasteiger charge is 2.10. The lowest BCUT2D eigenvalue weighted by Crippen LogP contribution is -2.44. The number of nitrogens with zero attached hydrogens (tertiary/aromatic N) is 2. The van der Waals surface area contributed by atoms with Crippen LogP contribution in [0, 0.1) is 0 Å². The molecule has 0 fully saturated rings. The van der Waals surface area contributed by atoms with Crippen LogP contribution in [0.25, 0.3) is 0 Å². The summed E-state index contributed by atoms with van der Waals surface area (Å²) in [4.78, 5) is 0. The molecule has 1 atom stereocenters. The molecule has 0 saturated carbocycles. The normalized spacial score (nSPS) is 14.1. The molecule has 0 aliphatic heterocycles. The molecule has 15 heavy (non-hydrogen) atoms. The minimum atomic E-state index is 0.179. The second-order valence-electron chi connectivity index (χ2n) is 4.81. The largest absolute Gasteiger partial charge is 0.311 e. The maximum absolute atomic E-state index is 3.98. The fraction of sp³-hybridized carbons (Fsp3) is 0.800. The van der Waals surface area contributed by atoms with Gasteiger partial charge in [0, 0.05) is 30.1 Å². The Morgan fingerprint density at radius 3 is 2.73 bits per heavy atom. The molecule has 1 aromatic rings. The first-order chi connectivity index (χ1) is 6.97. The standard InChI is InChI=1S/C10H20N4S/c1-8(5-12-10(2,3)4)11-6-9-7-15-14-13-9/h7-8,11-12H,5-6H2,1-4H3. The van der Waals surface area contributed by atoms with Crippen molar-refractivity contribution in [1.82, 2.24) is 20.2 Å². The minimum Gasteiger partial charge on any atom is -0.311 e. The van der Waals surface area contributed by atoms with Crippen LogP contribution in [-0.4, -0.2) is 27.7 Å². The Kier molecular flexibility index (Phi) is 4.63. The first kappa shape index (κ1) is 12.5. The summed E-state index contributed by atoms with van der Waals surface area (Å²) in [5.41, 5.74) is 1.20. The van der Waals surface area contributed by atoms with Crippen molar-refractivity contribution >= 4 is 11.5 Å². The summed E-state index contributed by atoms with van der Waals surface area (Å²) in [6.07, 6.45) is 0. The second kappa shape index (κ2) is 5.53. The van der Waals surface area contributed by atoms with Crippen LogP contribution in [0.1, 0.15) is 33.4 Å². The highest BCUT2D eigenvalue weighted by atomic mass is 32.1. The van der Waals surface area contributed by atoms with Crippen molar-refractivity contribution in [3.63, 3.8) is 0 Å². The Morgan fingerprint density at radius 1 is 1.47 bits per heavy atom. The maximum atomic E-state index is 3.98. The fourth-order valence-electron chi connectivity index (χ4n) is 1.07. The molecule has 2 N–H and O–H groups in total. The molecule has 0 aromatic carbocycles. The van der Waals surface area contributed by atoms with Crippen molar-refractivity contribution in [1.29, 1.82) is 0 Å². The summed E-state index contributed by atoms with van der Waals surface area (Å²) in [6.45, 7) is 10.4. The van der Waals surface area contributed by atoms with Crippen LogP contribution in [0.2, 0.25) is 0 Å². The Balaban J connectivity index is 2.16. The number of hydrogen-bond acceptors (Lipinski definition) is 5. The van der Waals surface area contributed by atoms with Gasteiger partial charge in [0.15, 0.2) is 0 Å². The van der Waals surface area contributed by atoms with Crippen molar-refractivity contribution in [3.8, 4) is 0 Å². The fourth-order valence-corrected chi connectivity index (χ4v) is 1.52. The van der Waals surface area contributed by atoms with Crippen molar-refractivity contribution in [3.05, 3.63) is 11.1 Å². The van der Waals surface area contributed by atoms with Crippen molar-refractivity contribution < 1.29 is 0 Å². The highest BCUT2D eigenvalue weighted by Crippen LogP contribution is 1.99. The van der Waals surface area contributed by atoms with E-state index in [4.69, 9.17) is 0 Å². The molecular formula is C10H20N4S. The van der Waals surface area contributed by atoms with Crippen molar-refractivity contribution in [2.75, 3.05) is 6.54 Å². The van der Waals surface area contributed by atoms with E-state index in [2.05, 4.69) is 47.9 Å². The number of rotatable bonds is 5. The third-order valence-electron chi connectivity index (χ3n) is 1.98. The summed E-state index contributed by atoms with van der Waals surface area (Å²) in [6, 6.07) is 0.436. The molecule has 86 valence electrons. The summed E-state index contributed by atoms with van der Waals surface area (Å²) in [5.74, 6) is 0. The van der Waals surface area contributed by atoms with E-state index >= 15 is 0 Å². The van der Waals surface area contributed by atoms with E-state index in [0.29, 0.717) is 6.04 Å². The molecular weight excluding hydrogens is 208 g/mol. The van der Waals surface area contributed by atoms with E-state index in [1.54, 1.807) is 0 Å². The van der Waals surface area contributed by atoms with Gasteiger partial charge in [0.05, 0.1) is 5.69 Å². The highest BCUT2D eigenvalue weighted by molar-refractivity contribution is 7.03. The van der Waals surface area contributed by atoms with E-state index in [0.717, 1.165) is 18.8 Å². The molecule has 1 aromatic heterocycles. The monoisotopic (exact) mass is 228 g/mol. The van der Waals surface area contributed by atoms with Gasteiger partial charge in [0.1, 0.15) is 0 Å². The molecule has 0 aliphatic carbocycles. The Labute approximate surface area is 95.6 Å². The molecule has 0 amide bonds. The van der Waals surface area contributed by atoms with E-state index in [1.807, 2.05) is 5.38 Å². The zero-order valence-corrected chi connectivity index (χ0v) is 10.7. The van der Waals surface area contributed by atoms with Gasteiger partial charge in [-0.2, -0.15) is 0 Å². The average molecular weight is 228 g/mol. The van der Waals surface area contributed by atoms with Gasteiger partial charge < -0.3 is 10.6 Å². The van der Waals surface area contributed by atoms with Gasteiger partial charge >= 0.3 is 0 Å². The zero-order chi connectivity index (χ0) is 11.3. The predicted octanol–water partition coefficient (Wildman–Crippen LogP) is 1.40. The topological polar surface area (TPSA) is 49.8 Å². The van der Waals surface area contributed by atoms with Gasteiger partial charge in [-0.15, -0.1) is 5.10 Å². The number of hydrogen-bond donors (Lipinski definition) is 2. The van der Waals surface area contributed by atoms with Crippen molar-refractivity contribution in [2.24, 2.45) is 0 Å². The average Bonchev–Trinajstić information content (AvgIpc) is 2.62. The van der Waals surface area contributed by atoms with Gasteiger partial charge in [0.25, 0.3) is 0 Å². The molecule has 1 heterocycles. The van der Waals surface area contributed by atoms with E-state index in [9.17, 15) is 0 Å². The lowest BCUT2D eigenvalue weighted by molar-refractivity contribution is 0.386. The molecule has 4 nitrogen and oxygen atoms in total. The molecule has 0 saturated heterocycles. The van der Waals surface area contributed by atoms with Crippen LogP contribution in [-0.2, 0) is 6.54 Å². The first-order valence-corrected chi connectivity index (χ1v) is 6.05. The lowest BCUT2D eigenvalue weighted by Gasteiger charge is -2.23. The number of nitrogens with one attached hydrogen (secondary N) is 2. The van der Waals surface area contributed by atoms with E-state index < -0.39 is 0 Å². The quantitative estimate of drug-likeness (QED) is 0.800. The Hall–Kier alpha value is -0.520. The summed E-state index contributed by atoms with van der Waals surface area (Å²) in [7, 11) is 0. The molecule has 0 spiro atoms. The maximum Gasteiger partial charge on any atom is 0.0893 e. The van der Waals surface area contributed by atoms with E-state index in [1.165, 1.54) is 11.5 Å². The summed E-state index contributed by atoms with van der Waals surface area (Å²) < 4.78 is 3.82. The predicted molar refractivity (Wildman–Crippen MR) is 64.0 cm³/mol. The zero-order valence-electron chi connectivity index (χ0n) is 9.87. The van der Waals surface area contributed by atoms with Crippen LogP contribution in [0.4, 0.5) is 0 Å². The Morgan fingerprint density at radius 2 is 2.20 bits per heavy atom. The lowest BCUT2D eigenvalue weighted by atomic mass is 10.1. The van der Waals surface area contributed by atoms with E-state index in [-0.39, 0.29) is 5.54 Å². The smallest absolute Gasteiger partial charge is 0.0893 e. The van der Waals surface area contributed by atoms with Crippen molar-refractivity contribution in [2.45, 2.75) is 45.8 Å². The minimum absolute atomic E-state index is 0.179. The first-order valence-electron chi connectivity index (χ1n) is 5.22. The molecule has 1 rings (SSSR count). The van der Waals surface area contributed by atoms with Crippen LogP contribution < -0.4 is 10.6 Å². The van der Waals surface area contributed by atoms with Crippen LogP contribution in [0.15, 0.2) is 5.38 Å². The second-order valence-corrected chi connectivity index (χ2v) is 5.42. The van der Waals surface area contributed by atoms with Gasteiger partial charge in [-0.25, -0.2) is 0 Å². The third-order valence-corrected chi connectivity index (χ3v) is 2.53.